The second kappa shape index (κ2) is 22.0. The van der Waals surface area contributed by atoms with Crippen molar-refractivity contribution in [3.63, 3.8) is 0 Å². The number of phenolic OH excluding ortho intramolecular Hbond substituents is 1. The normalized spacial score (nSPS) is 27.5. The Morgan fingerprint density at radius 3 is 2.49 bits per heavy atom. The predicted octanol–water partition coefficient (Wildman–Crippen LogP) is 3.44. The van der Waals surface area contributed by atoms with Gasteiger partial charge < -0.3 is 71.9 Å². The lowest BCUT2D eigenvalue weighted by molar-refractivity contribution is -0.378. The van der Waals surface area contributed by atoms with Crippen LogP contribution >= 0.6 is 0 Å². The average Bonchev–Trinajstić information content (AvgIpc) is 3.61. The number of guanidine groups is 1. The Bertz CT molecular complexity index is 3260. The lowest BCUT2D eigenvalue weighted by atomic mass is 9.53. The zero-order valence-electron chi connectivity index (χ0n) is 43.9. The van der Waals surface area contributed by atoms with Crippen molar-refractivity contribution in [1.29, 1.82) is 0 Å². The number of aliphatic hydroxyl groups excluding tert-OH is 3. The van der Waals surface area contributed by atoms with E-state index in [2.05, 4.69) is 16.8 Å². The molecule has 416 valence electrons. The van der Waals surface area contributed by atoms with Gasteiger partial charge in [-0.15, -0.1) is 0 Å². The van der Waals surface area contributed by atoms with Gasteiger partial charge in [0, 0.05) is 58.7 Å². The highest BCUT2D eigenvalue weighted by Gasteiger charge is 2.57. The number of phenols is 1. The van der Waals surface area contributed by atoms with Crippen molar-refractivity contribution in [3.8, 4) is 29.1 Å². The number of aliphatic hydroxyl groups is 6. The van der Waals surface area contributed by atoms with Gasteiger partial charge in [0.2, 0.25) is 12.1 Å². The number of rotatable bonds is 11. The number of ketones is 2. The fraction of sp³-hybridized carbons (Fsp3) is 0.450. The van der Waals surface area contributed by atoms with Crippen molar-refractivity contribution >= 4 is 41.9 Å². The molecule has 4 aromatic carbocycles. The molecule has 1 saturated heterocycles. The van der Waals surface area contributed by atoms with E-state index in [-0.39, 0.29) is 107 Å². The number of nitrogens with zero attached hydrogens (tertiary/aromatic N) is 1. The molecule has 79 heavy (non-hydrogen) atoms. The number of nitrogens with two attached hydrogens (primary N) is 3. The number of carbonyl (C=O) groups is 4. The minimum atomic E-state index is -3.11. The molecule has 1 aliphatic heterocycles. The molecule has 10 rings (SSSR count). The van der Waals surface area contributed by atoms with Crippen LogP contribution in [0.1, 0.15) is 163 Å². The molecule has 10 unspecified atom stereocenters. The van der Waals surface area contributed by atoms with Gasteiger partial charge in [0.25, 0.3) is 0 Å². The maximum absolute atomic E-state index is 16.0. The summed E-state index contributed by atoms with van der Waals surface area (Å²) in [7, 11) is 0. The van der Waals surface area contributed by atoms with Crippen molar-refractivity contribution in [2.24, 2.45) is 34.0 Å². The molecule has 4 aromatic rings. The van der Waals surface area contributed by atoms with Gasteiger partial charge in [0.05, 0.1) is 49.2 Å². The van der Waals surface area contributed by atoms with E-state index in [4.69, 9.17) is 36.1 Å². The summed E-state index contributed by atoms with van der Waals surface area (Å²) < 4.78 is 24.6. The number of ether oxygens (including phenoxy) is 4. The molecule has 0 spiro atoms. The number of esters is 1. The predicted molar refractivity (Wildman–Crippen MR) is 287 cm³/mol. The van der Waals surface area contributed by atoms with Crippen molar-refractivity contribution in [3.05, 3.63) is 120 Å². The Hall–Kier alpha value is -6.83. The summed E-state index contributed by atoms with van der Waals surface area (Å²) in [6.07, 6.45) is 0.306. The number of fused-ring (bicyclic) bond motifs is 6. The third-order valence-electron chi connectivity index (χ3n) is 16.9. The van der Waals surface area contributed by atoms with Crippen LogP contribution in [-0.2, 0) is 45.7 Å². The Kier molecular flexibility index (Phi) is 15.5. The largest absolute Gasteiger partial charge is 0.507 e. The SMILES string of the molecule is CC(=O)Oc1cc(CO)c2c3c1C=Cc1cccc(c1)CC(O)CCC(N)C#CCc1c(OC4OC(C)C(O)C(O)(O)C4OCCN=C(N)N)c(Cc4ccc5c(c4C=O)C4(O)CCCC6CCC5CC64)c(O)c(c1C3=O)C2=O. The van der Waals surface area contributed by atoms with Gasteiger partial charge in [-0.2, -0.15) is 0 Å². The van der Waals surface area contributed by atoms with Crippen LogP contribution in [0.5, 0.6) is 17.2 Å². The van der Waals surface area contributed by atoms with Crippen molar-refractivity contribution in [2.45, 2.75) is 145 Å². The van der Waals surface area contributed by atoms with E-state index in [1.54, 1.807) is 24.3 Å². The zero-order chi connectivity index (χ0) is 56.2. The number of aldehydes is 1. The Morgan fingerprint density at radius 1 is 0.962 bits per heavy atom. The van der Waals surface area contributed by atoms with Gasteiger partial charge in [0.1, 0.15) is 23.4 Å². The van der Waals surface area contributed by atoms with Gasteiger partial charge in [0.15, 0.2) is 29.9 Å². The molecule has 13 N–H and O–H groups in total. The van der Waals surface area contributed by atoms with Crippen LogP contribution in [0.3, 0.4) is 0 Å². The number of aromatic hydroxyl groups is 1. The smallest absolute Gasteiger partial charge is 0.308 e. The third kappa shape index (κ3) is 10.1. The maximum atomic E-state index is 16.0. The molecular weight excluding hydrogens is 1020 g/mol. The number of benzene rings is 4. The van der Waals surface area contributed by atoms with Gasteiger partial charge in [-0.1, -0.05) is 54.3 Å². The first-order valence-corrected chi connectivity index (χ1v) is 26.9. The van der Waals surface area contributed by atoms with E-state index >= 15 is 9.59 Å². The molecule has 6 bridgehead atoms. The van der Waals surface area contributed by atoms with Crippen LogP contribution in [-0.4, -0.2) is 121 Å². The quantitative estimate of drug-likeness (QED) is 0.0132. The average molecular weight is 1080 g/mol. The number of hydrogen-bond donors (Lipinski definition) is 10. The Labute approximate surface area is 456 Å². The lowest BCUT2D eigenvalue weighted by Crippen LogP contribution is -2.67. The standard InChI is InChI=1S/C60H66N4O15/c1-29-55(72)60(74,75)56(76-21-20-64-58(62)63)57(77-29)79-54-41-10-4-9-37(61)15-16-38(68)23-32-7-3-6-31(22-32)11-17-40-45(78-30(2)67)26-36(27-65)46-47(40)53(71)48(41)49(52(46)70)51(69)42(54)24-34-14-18-39-35-13-12-33-8-5-19-59(73,44(33)25-35)50(39)43(34)28-66/h3,6-7,11,14,17-18,22,26,28-29,33,35,37-38,44,55-57,65,68-69,72-75H,5,8,10,12-13,15-16,19-21,23-25,27,61H2,1-2H3,(H4,62,63,64). The summed E-state index contributed by atoms with van der Waals surface area (Å²) >= 11 is 0. The van der Waals surface area contributed by atoms with E-state index in [0.717, 1.165) is 50.2 Å². The summed E-state index contributed by atoms with van der Waals surface area (Å²) in [4.78, 5) is 62.2. The van der Waals surface area contributed by atoms with Gasteiger partial charge >= 0.3 is 5.97 Å². The number of hydrogen-bond acceptors (Lipinski definition) is 17. The van der Waals surface area contributed by atoms with Crippen molar-refractivity contribution < 1.29 is 73.9 Å². The molecule has 5 aliphatic carbocycles. The van der Waals surface area contributed by atoms with E-state index in [9.17, 15) is 45.3 Å². The minimum absolute atomic E-state index is 0.0432. The zero-order valence-corrected chi connectivity index (χ0v) is 43.9. The third-order valence-corrected chi connectivity index (χ3v) is 16.9. The van der Waals surface area contributed by atoms with Crippen LogP contribution in [0.25, 0.3) is 12.2 Å². The number of aliphatic imine (C=N–C) groups is 1. The van der Waals surface area contributed by atoms with Crippen LogP contribution in [0.2, 0.25) is 0 Å². The molecule has 6 aliphatic rings. The second-order valence-electron chi connectivity index (χ2n) is 21.9. The molecule has 0 amide bonds. The molecule has 3 fully saturated rings. The van der Waals surface area contributed by atoms with E-state index in [1.807, 2.05) is 18.2 Å². The first-order valence-electron chi connectivity index (χ1n) is 26.9. The summed E-state index contributed by atoms with van der Waals surface area (Å²) in [6, 6.07) is 11.3. The summed E-state index contributed by atoms with van der Waals surface area (Å²) in [5.41, 5.74) is 17.5. The summed E-state index contributed by atoms with van der Waals surface area (Å²) in [5.74, 6) is -1.09. The Morgan fingerprint density at radius 2 is 1.75 bits per heavy atom. The molecule has 19 nitrogen and oxygen atoms in total. The van der Waals surface area contributed by atoms with Crippen molar-refractivity contribution in [1.82, 2.24) is 0 Å². The van der Waals surface area contributed by atoms with E-state index in [0.29, 0.717) is 29.4 Å². The molecule has 0 radical (unpaired) electrons. The Balaban J connectivity index is 1.25. The fourth-order valence-electron chi connectivity index (χ4n) is 13.3. The van der Waals surface area contributed by atoms with Crippen LogP contribution < -0.4 is 26.7 Å². The second-order valence-corrected chi connectivity index (χ2v) is 21.9. The first-order chi connectivity index (χ1) is 37.7. The van der Waals surface area contributed by atoms with Gasteiger partial charge in [-0.05, 0) is 128 Å². The monoisotopic (exact) mass is 1080 g/mol. The fourth-order valence-corrected chi connectivity index (χ4v) is 13.3. The maximum Gasteiger partial charge on any atom is 0.308 e. The molecular formula is C60H66N4O15. The first kappa shape index (κ1) is 55.5. The highest BCUT2D eigenvalue weighted by atomic mass is 16.7. The van der Waals surface area contributed by atoms with E-state index < -0.39 is 102 Å². The number of carbonyl (C=O) groups excluding carboxylic acids is 4. The lowest BCUT2D eigenvalue weighted by Gasteiger charge is -2.54. The van der Waals surface area contributed by atoms with Crippen molar-refractivity contribution in [2.75, 3.05) is 13.2 Å². The van der Waals surface area contributed by atoms with Gasteiger partial charge in [-0.3, -0.25) is 24.2 Å². The minimum Gasteiger partial charge on any atom is -0.507 e. The van der Waals surface area contributed by atoms with Crippen LogP contribution in [0.4, 0.5) is 0 Å². The molecule has 0 aromatic heterocycles. The van der Waals surface area contributed by atoms with E-state index in [1.165, 1.54) is 19.1 Å². The highest BCUT2D eigenvalue weighted by Crippen LogP contribution is 2.60. The highest BCUT2D eigenvalue weighted by molar-refractivity contribution is 6.32. The summed E-state index contributed by atoms with van der Waals surface area (Å²) in [5, 5.41) is 82.6. The molecule has 1 heterocycles. The van der Waals surface area contributed by atoms with Gasteiger partial charge in [-0.25, -0.2) is 0 Å². The van der Waals surface area contributed by atoms with Crippen LogP contribution in [0.15, 0.2) is 47.5 Å². The summed E-state index contributed by atoms with van der Waals surface area (Å²) in [6.45, 7) is 1.09. The van der Waals surface area contributed by atoms with Crippen LogP contribution in [0, 0.1) is 23.7 Å². The molecule has 2 saturated carbocycles. The molecule has 19 heteroatoms. The topological polar surface area (TPSA) is 337 Å². The molecule has 10 atom stereocenters.